The molecule has 0 spiro atoms. The van der Waals surface area contributed by atoms with E-state index < -0.39 is 6.10 Å². The van der Waals surface area contributed by atoms with Crippen molar-refractivity contribution in [1.82, 2.24) is 5.32 Å². The van der Waals surface area contributed by atoms with E-state index >= 15 is 0 Å². The second kappa shape index (κ2) is 5.52. The van der Waals surface area contributed by atoms with Crippen molar-refractivity contribution in [2.45, 2.75) is 6.10 Å². The summed E-state index contributed by atoms with van der Waals surface area (Å²) in [4.78, 5) is 16.3. The number of thioether (sulfide) groups is 1. The second-order valence-electron chi connectivity index (χ2n) is 4.23. The Morgan fingerprint density at radius 1 is 1.42 bits per heavy atom. The number of ether oxygens (including phenoxy) is 2. The highest BCUT2D eigenvalue weighted by Gasteiger charge is 2.27. The van der Waals surface area contributed by atoms with Crippen LogP contribution in [0.25, 0.3) is 0 Å². The minimum absolute atomic E-state index is 0.0240. The predicted molar refractivity (Wildman–Crippen MR) is 74.1 cm³/mol. The third-order valence-corrected chi connectivity index (χ3v) is 3.84. The molecule has 0 aliphatic carbocycles. The molecule has 0 saturated carbocycles. The van der Waals surface area contributed by atoms with E-state index in [1.807, 2.05) is 24.3 Å². The van der Waals surface area contributed by atoms with Gasteiger partial charge in [0.25, 0.3) is 0 Å². The van der Waals surface area contributed by atoms with E-state index in [4.69, 9.17) is 9.47 Å². The number of carbonyl (C=O) groups is 1. The van der Waals surface area contributed by atoms with Gasteiger partial charge in [0.2, 0.25) is 0 Å². The maximum atomic E-state index is 12.1. The lowest BCUT2D eigenvalue weighted by Crippen LogP contribution is -2.38. The SMILES string of the molecule is O=C(CSC1=NCCN1)[C@H]1COc2ccccc2O1. The molecule has 100 valence electrons. The molecule has 5 nitrogen and oxygen atoms in total. The van der Waals surface area contributed by atoms with Crippen LogP contribution in [0.5, 0.6) is 11.5 Å². The molecule has 0 amide bonds. The Labute approximate surface area is 115 Å². The van der Waals surface area contributed by atoms with E-state index in [-0.39, 0.29) is 12.4 Å². The van der Waals surface area contributed by atoms with Crippen molar-refractivity contribution in [1.29, 1.82) is 0 Å². The van der Waals surface area contributed by atoms with Crippen LogP contribution in [0.1, 0.15) is 0 Å². The summed E-state index contributed by atoms with van der Waals surface area (Å²) < 4.78 is 11.2. The van der Waals surface area contributed by atoms with Crippen LogP contribution in [0.3, 0.4) is 0 Å². The highest BCUT2D eigenvalue weighted by atomic mass is 32.2. The number of hydrogen-bond donors (Lipinski definition) is 1. The standard InChI is InChI=1S/C13H14N2O3S/c16-9(8-19-13-14-5-6-15-13)12-7-17-10-3-1-2-4-11(10)18-12/h1-4,12H,5-8H2,(H,14,15)/t12-/m1/s1. The summed E-state index contributed by atoms with van der Waals surface area (Å²) >= 11 is 1.42. The lowest BCUT2D eigenvalue weighted by atomic mass is 10.2. The topological polar surface area (TPSA) is 59.9 Å². The number of hydrogen-bond acceptors (Lipinski definition) is 6. The van der Waals surface area contributed by atoms with Crippen molar-refractivity contribution in [2.75, 3.05) is 25.4 Å². The number of rotatable bonds is 3. The Morgan fingerprint density at radius 2 is 2.26 bits per heavy atom. The lowest BCUT2D eigenvalue weighted by Gasteiger charge is -2.25. The molecular formula is C13H14N2O3S. The van der Waals surface area contributed by atoms with E-state index in [0.717, 1.165) is 18.3 Å². The van der Waals surface area contributed by atoms with Crippen LogP contribution in [-0.2, 0) is 4.79 Å². The van der Waals surface area contributed by atoms with Gasteiger partial charge in [0.05, 0.1) is 12.3 Å². The van der Waals surface area contributed by atoms with E-state index in [2.05, 4.69) is 10.3 Å². The van der Waals surface area contributed by atoms with Gasteiger partial charge in [0.15, 0.2) is 28.6 Å². The van der Waals surface area contributed by atoms with Gasteiger partial charge in [0.1, 0.15) is 6.61 Å². The first-order valence-electron chi connectivity index (χ1n) is 6.15. The number of fused-ring (bicyclic) bond motifs is 1. The summed E-state index contributed by atoms with van der Waals surface area (Å²) in [5, 5.41) is 3.96. The van der Waals surface area contributed by atoms with Gasteiger partial charge < -0.3 is 14.8 Å². The molecule has 0 fully saturated rings. The van der Waals surface area contributed by atoms with E-state index in [0.29, 0.717) is 17.3 Å². The maximum Gasteiger partial charge on any atom is 0.191 e. The fourth-order valence-corrected chi connectivity index (χ4v) is 2.74. The van der Waals surface area contributed by atoms with Crippen molar-refractivity contribution >= 4 is 22.7 Å². The van der Waals surface area contributed by atoms with Crippen molar-refractivity contribution in [3.63, 3.8) is 0 Å². The van der Waals surface area contributed by atoms with Crippen LogP contribution >= 0.6 is 11.8 Å². The van der Waals surface area contributed by atoms with Crippen LogP contribution in [-0.4, -0.2) is 42.5 Å². The number of para-hydroxylation sites is 2. The van der Waals surface area contributed by atoms with Crippen LogP contribution in [0.15, 0.2) is 29.3 Å². The highest BCUT2D eigenvalue weighted by molar-refractivity contribution is 8.14. The molecule has 19 heavy (non-hydrogen) atoms. The fraction of sp³-hybridized carbons (Fsp3) is 0.385. The summed E-state index contributed by atoms with van der Waals surface area (Å²) in [5.74, 6) is 1.70. The van der Waals surface area contributed by atoms with Crippen LogP contribution < -0.4 is 14.8 Å². The number of ketones is 1. The molecule has 1 N–H and O–H groups in total. The Bertz CT molecular complexity index is 518. The first-order valence-corrected chi connectivity index (χ1v) is 7.14. The lowest BCUT2D eigenvalue weighted by molar-refractivity contribution is -0.125. The number of Topliss-reactive ketones (excluding diaryl/α,β-unsaturated/α-hetero) is 1. The van der Waals surface area contributed by atoms with Crippen molar-refractivity contribution in [2.24, 2.45) is 4.99 Å². The molecule has 2 aliphatic rings. The van der Waals surface area contributed by atoms with Gasteiger partial charge in [-0.3, -0.25) is 9.79 Å². The third-order valence-electron chi connectivity index (χ3n) is 2.86. The van der Waals surface area contributed by atoms with Gasteiger partial charge in [-0.25, -0.2) is 0 Å². The third kappa shape index (κ3) is 2.84. The van der Waals surface area contributed by atoms with E-state index in [1.165, 1.54) is 11.8 Å². The molecule has 0 bridgehead atoms. The molecule has 1 aromatic rings. The Morgan fingerprint density at radius 3 is 3.05 bits per heavy atom. The summed E-state index contributed by atoms with van der Waals surface area (Å²) in [7, 11) is 0. The molecule has 0 aromatic heterocycles. The zero-order chi connectivity index (χ0) is 13.1. The molecule has 3 rings (SSSR count). The number of aliphatic imine (C=N–C) groups is 1. The molecule has 0 radical (unpaired) electrons. The van der Waals surface area contributed by atoms with E-state index in [9.17, 15) is 4.79 Å². The second-order valence-corrected chi connectivity index (χ2v) is 5.20. The molecule has 0 saturated heterocycles. The molecule has 0 unspecified atom stereocenters. The maximum absolute atomic E-state index is 12.1. The van der Waals surface area contributed by atoms with Crippen molar-refractivity contribution in [3.8, 4) is 11.5 Å². The Hall–Kier alpha value is -1.69. The van der Waals surface area contributed by atoms with Gasteiger partial charge >= 0.3 is 0 Å². The molecule has 2 aliphatic heterocycles. The number of nitrogens with zero attached hydrogens (tertiary/aromatic N) is 1. The molecular weight excluding hydrogens is 264 g/mol. The van der Waals surface area contributed by atoms with Crippen molar-refractivity contribution < 1.29 is 14.3 Å². The first kappa shape index (κ1) is 12.3. The minimum atomic E-state index is -0.524. The number of nitrogens with one attached hydrogen (secondary N) is 1. The van der Waals surface area contributed by atoms with Crippen LogP contribution in [0.4, 0.5) is 0 Å². The van der Waals surface area contributed by atoms with Crippen LogP contribution in [0, 0.1) is 0 Å². The number of benzene rings is 1. The van der Waals surface area contributed by atoms with Gasteiger partial charge in [0, 0.05) is 6.54 Å². The largest absolute Gasteiger partial charge is 0.485 e. The fourth-order valence-electron chi connectivity index (χ4n) is 1.88. The van der Waals surface area contributed by atoms with Gasteiger partial charge in [-0.15, -0.1) is 0 Å². The quantitative estimate of drug-likeness (QED) is 0.897. The Balaban J connectivity index is 1.57. The zero-order valence-electron chi connectivity index (χ0n) is 10.3. The first-order chi connectivity index (χ1) is 9.33. The number of carbonyl (C=O) groups excluding carboxylic acids is 1. The van der Waals surface area contributed by atoms with Crippen LogP contribution in [0.2, 0.25) is 0 Å². The Kier molecular flexibility index (Phi) is 3.59. The van der Waals surface area contributed by atoms with Gasteiger partial charge in [-0.2, -0.15) is 0 Å². The average molecular weight is 278 g/mol. The smallest absolute Gasteiger partial charge is 0.191 e. The normalized spacial score (nSPS) is 20.6. The van der Waals surface area contributed by atoms with E-state index in [1.54, 1.807) is 0 Å². The minimum Gasteiger partial charge on any atom is -0.485 e. The molecule has 1 atom stereocenters. The van der Waals surface area contributed by atoms with Gasteiger partial charge in [-0.1, -0.05) is 23.9 Å². The predicted octanol–water partition coefficient (Wildman–Crippen LogP) is 1.09. The highest BCUT2D eigenvalue weighted by Crippen LogP contribution is 2.31. The number of amidine groups is 1. The zero-order valence-corrected chi connectivity index (χ0v) is 11.1. The molecule has 2 heterocycles. The summed E-state index contributed by atoms with van der Waals surface area (Å²) in [6, 6.07) is 7.39. The van der Waals surface area contributed by atoms with Gasteiger partial charge in [-0.05, 0) is 12.1 Å². The molecule has 1 aromatic carbocycles. The monoisotopic (exact) mass is 278 g/mol. The van der Waals surface area contributed by atoms with Crippen molar-refractivity contribution in [3.05, 3.63) is 24.3 Å². The summed E-state index contributed by atoms with van der Waals surface area (Å²) in [5.41, 5.74) is 0. The summed E-state index contributed by atoms with van der Waals surface area (Å²) in [6.07, 6.45) is -0.524. The molecule has 6 heteroatoms. The summed E-state index contributed by atoms with van der Waals surface area (Å²) in [6.45, 7) is 1.91. The average Bonchev–Trinajstić information content (AvgIpc) is 2.97.